The molecule has 0 radical (unpaired) electrons. The van der Waals surface area contributed by atoms with Crippen molar-refractivity contribution in [2.24, 2.45) is 0 Å². The molecule has 1 unspecified atom stereocenters. The largest absolute Gasteiger partial charge is 0.361 e. The summed E-state index contributed by atoms with van der Waals surface area (Å²) < 4.78 is 15.3. The van der Waals surface area contributed by atoms with E-state index in [1.807, 2.05) is 42.6 Å². The molecule has 1 aromatic heterocycles. The van der Waals surface area contributed by atoms with Crippen LogP contribution in [0.4, 0.5) is 0 Å². The van der Waals surface area contributed by atoms with Gasteiger partial charge in [0, 0.05) is 23.6 Å². The maximum Gasteiger partial charge on any atom is 0.124 e. The van der Waals surface area contributed by atoms with E-state index in [0.29, 0.717) is 6.54 Å². The number of aryl methyl sites for hydroxylation is 1. The minimum absolute atomic E-state index is 0.685. The Labute approximate surface area is 133 Å². The van der Waals surface area contributed by atoms with Gasteiger partial charge in [0.15, 0.2) is 0 Å². The normalized spacial score (nSPS) is 12.6. The molecule has 4 heteroatoms. The molecule has 0 spiro atoms. The molecule has 3 nitrogen and oxygen atoms in total. The summed E-state index contributed by atoms with van der Waals surface area (Å²) in [4.78, 5) is 4.10. The van der Waals surface area contributed by atoms with Gasteiger partial charge in [0.2, 0.25) is 0 Å². The molecule has 22 heavy (non-hydrogen) atoms. The van der Waals surface area contributed by atoms with E-state index in [1.54, 1.807) is 0 Å². The first-order valence-electron chi connectivity index (χ1n) is 7.57. The highest BCUT2D eigenvalue weighted by Gasteiger charge is 2.05. The van der Waals surface area contributed by atoms with E-state index < -0.39 is 11.0 Å². The van der Waals surface area contributed by atoms with Gasteiger partial charge >= 0.3 is 0 Å². The number of benzene rings is 2. The fourth-order valence-corrected chi connectivity index (χ4v) is 3.39. The molecule has 3 aromatic rings. The molecule has 0 fully saturated rings. The Kier molecular flexibility index (Phi) is 4.71. The van der Waals surface area contributed by atoms with Crippen LogP contribution < -0.4 is 4.72 Å². The van der Waals surface area contributed by atoms with Crippen LogP contribution in [0.15, 0.2) is 59.6 Å². The van der Waals surface area contributed by atoms with Crippen molar-refractivity contribution in [2.75, 3.05) is 6.54 Å². The van der Waals surface area contributed by atoms with Crippen LogP contribution in [0.25, 0.3) is 10.9 Å². The second-order valence-corrected chi connectivity index (χ2v) is 6.57. The minimum Gasteiger partial charge on any atom is -0.361 e. The number of hydrogen-bond acceptors (Lipinski definition) is 1. The lowest BCUT2D eigenvalue weighted by atomic mass is 10.1. The van der Waals surface area contributed by atoms with Gasteiger partial charge in [-0.3, -0.25) is 0 Å². The first kappa shape index (κ1) is 15.0. The van der Waals surface area contributed by atoms with Crippen molar-refractivity contribution in [3.05, 3.63) is 65.9 Å². The first-order chi connectivity index (χ1) is 10.8. The molecule has 1 heterocycles. The summed E-state index contributed by atoms with van der Waals surface area (Å²) in [6.45, 7) is 2.80. The SMILES string of the molecule is CCc1ccc(S(=O)NCCc2c[nH]c3ccccc23)cc1. The number of para-hydroxylation sites is 1. The maximum absolute atomic E-state index is 12.2. The zero-order valence-electron chi connectivity index (χ0n) is 12.6. The molecule has 0 aliphatic carbocycles. The lowest BCUT2D eigenvalue weighted by molar-refractivity contribution is 0.671. The predicted octanol–water partition coefficient (Wildman–Crippen LogP) is 3.59. The third kappa shape index (κ3) is 3.29. The summed E-state index contributed by atoms with van der Waals surface area (Å²) >= 11 is 0. The standard InChI is InChI=1S/C18H20N2OS/c1-2-14-7-9-16(10-8-14)22(21)20-12-11-15-13-19-18-6-4-3-5-17(15)18/h3-10,13,19-20H,2,11-12H2,1H3. The number of fused-ring (bicyclic) bond motifs is 1. The van der Waals surface area contributed by atoms with Crippen molar-refractivity contribution in [2.45, 2.75) is 24.7 Å². The van der Waals surface area contributed by atoms with E-state index in [4.69, 9.17) is 0 Å². The molecular formula is C18H20N2OS. The van der Waals surface area contributed by atoms with Crippen LogP contribution in [-0.2, 0) is 23.8 Å². The molecule has 0 amide bonds. The molecular weight excluding hydrogens is 292 g/mol. The van der Waals surface area contributed by atoms with Gasteiger partial charge in [-0.25, -0.2) is 8.93 Å². The number of H-pyrrole nitrogens is 1. The molecule has 2 N–H and O–H groups in total. The van der Waals surface area contributed by atoms with Gasteiger partial charge in [0.1, 0.15) is 11.0 Å². The number of aromatic nitrogens is 1. The van der Waals surface area contributed by atoms with E-state index in [-0.39, 0.29) is 0 Å². The monoisotopic (exact) mass is 312 g/mol. The highest BCUT2D eigenvalue weighted by Crippen LogP contribution is 2.17. The van der Waals surface area contributed by atoms with Crippen LogP contribution in [0.2, 0.25) is 0 Å². The van der Waals surface area contributed by atoms with Crippen LogP contribution in [-0.4, -0.2) is 15.7 Å². The summed E-state index contributed by atoms with van der Waals surface area (Å²) in [5, 5.41) is 1.24. The molecule has 0 aliphatic rings. The summed E-state index contributed by atoms with van der Waals surface area (Å²) in [5.74, 6) is 0. The van der Waals surface area contributed by atoms with Gasteiger partial charge in [-0.05, 0) is 42.2 Å². The van der Waals surface area contributed by atoms with Crippen molar-refractivity contribution >= 4 is 21.9 Å². The zero-order valence-corrected chi connectivity index (χ0v) is 13.5. The number of aromatic amines is 1. The average molecular weight is 312 g/mol. The number of hydrogen-bond donors (Lipinski definition) is 2. The second-order valence-electron chi connectivity index (χ2n) is 5.27. The third-order valence-corrected chi connectivity index (χ3v) is 5.01. The van der Waals surface area contributed by atoms with Crippen molar-refractivity contribution < 1.29 is 4.21 Å². The average Bonchev–Trinajstić information content (AvgIpc) is 2.98. The molecule has 114 valence electrons. The van der Waals surface area contributed by atoms with E-state index in [2.05, 4.69) is 28.8 Å². The topological polar surface area (TPSA) is 44.9 Å². The molecule has 1 atom stereocenters. The highest BCUT2D eigenvalue weighted by atomic mass is 32.2. The van der Waals surface area contributed by atoms with E-state index in [0.717, 1.165) is 23.3 Å². The quantitative estimate of drug-likeness (QED) is 0.718. The fourth-order valence-electron chi connectivity index (χ4n) is 2.55. The van der Waals surface area contributed by atoms with Gasteiger partial charge in [-0.2, -0.15) is 0 Å². The van der Waals surface area contributed by atoms with Crippen molar-refractivity contribution in [1.29, 1.82) is 0 Å². The molecule has 0 bridgehead atoms. The first-order valence-corrected chi connectivity index (χ1v) is 8.72. The summed E-state index contributed by atoms with van der Waals surface area (Å²) in [5.41, 5.74) is 3.66. The number of rotatable bonds is 6. The minimum atomic E-state index is -1.15. The van der Waals surface area contributed by atoms with Crippen LogP contribution >= 0.6 is 0 Å². The van der Waals surface area contributed by atoms with E-state index in [1.165, 1.54) is 16.5 Å². The van der Waals surface area contributed by atoms with Gasteiger partial charge in [-0.1, -0.05) is 37.3 Å². The summed E-state index contributed by atoms with van der Waals surface area (Å²) in [6.07, 6.45) is 3.88. The van der Waals surface area contributed by atoms with E-state index >= 15 is 0 Å². The number of nitrogens with one attached hydrogen (secondary N) is 2. The van der Waals surface area contributed by atoms with Crippen molar-refractivity contribution in [3.8, 4) is 0 Å². The lowest BCUT2D eigenvalue weighted by Crippen LogP contribution is -2.20. The Balaban J connectivity index is 1.59. The van der Waals surface area contributed by atoms with Gasteiger partial charge in [0.25, 0.3) is 0 Å². The van der Waals surface area contributed by atoms with Gasteiger partial charge < -0.3 is 4.98 Å². The fraction of sp³-hybridized carbons (Fsp3) is 0.222. The molecule has 2 aromatic carbocycles. The molecule has 0 aliphatic heterocycles. The second kappa shape index (κ2) is 6.90. The Hall–Kier alpha value is -1.91. The Bertz CT molecular complexity index is 777. The predicted molar refractivity (Wildman–Crippen MR) is 92.2 cm³/mol. The summed E-state index contributed by atoms with van der Waals surface area (Å²) in [7, 11) is -1.15. The van der Waals surface area contributed by atoms with Crippen LogP contribution in [0.5, 0.6) is 0 Å². The Morgan fingerprint density at radius 3 is 2.64 bits per heavy atom. The lowest BCUT2D eigenvalue weighted by Gasteiger charge is -2.05. The molecule has 0 saturated heterocycles. The Morgan fingerprint density at radius 2 is 1.86 bits per heavy atom. The van der Waals surface area contributed by atoms with Crippen molar-refractivity contribution in [3.63, 3.8) is 0 Å². The third-order valence-electron chi connectivity index (χ3n) is 3.85. The van der Waals surface area contributed by atoms with Gasteiger partial charge in [0.05, 0.1) is 4.90 Å². The Morgan fingerprint density at radius 1 is 1.09 bits per heavy atom. The molecule has 0 saturated carbocycles. The summed E-state index contributed by atoms with van der Waals surface area (Å²) in [6, 6.07) is 16.2. The smallest absolute Gasteiger partial charge is 0.124 e. The van der Waals surface area contributed by atoms with E-state index in [9.17, 15) is 4.21 Å². The van der Waals surface area contributed by atoms with Crippen LogP contribution in [0.1, 0.15) is 18.1 Å². The van der Waals surface area contributed by atoms with Crippen LogP contribution in [0, 0.1) is 0 Å². The zero-order chi connectivity index (χ0) is 15.4. The van der Waals surface area contributed by atoms with Crippen LogP contribution in [0.3, 0.4) is 0 Å². The molecule has 3 rings (SSSR count). The van der Waals surface area contributed by atoms with Crippen molar-refractivity contribution in [1.82, 2.24) is 9.71 Å². The maximum atomic E-state index is 12.2. The highest BCUT2D eigenvalue weighted by molar-refractivity contribution is 7.83. The van der Waals surface area contributed by atoms with Gasteiger partial charge in [-0.15, -0.1) is 0 Å².